The van der Waals surface area contributed by atoms with Crippen LogP contribution >= 0.6 is 11.6 Å². The van der Waals surface area contributed by atoms with Gasteiger partial charge in [0, 0.05) is 10.6 Å². The number of carbonyl (C=O) groups is 1. The van der Waals surface area contributed by atoms with Crippen molar-refractivity contribution in [1.29, 1.82) is 0 Å². The van der Waals surface area contributed by atoms with Gasteiger partial charge >= 0.3 is 16.1 Å². The van der Waals surface area contributed by atoms with Gasteiger partial charge in [-0.05, 0) is 61.0 Å². The summed E-state index contributed by atoms with van der Waals surface area (Å²) in [7, 11) is -4.04. The Morgan fingerprint density at radius 2 is 1.79 bits per heavy atom. The summed E-state index contributed by atoms with van der Waals surface area (Å²) in [6.45, 7) is 2.04. The molecule has 0 unspecified atom stereocenters. The molecule has 0 saturated carbocycles. The van der Waals surface area contributed by atoms with Gasteiger partial charge in [-0.1, -0.05) is 41.9 Å². The number of halogens is 1. The predicted molar refractivity (Wildman–Crippen MR) is 124 cm³/mol. The second kappa shape index (κ2) is 9.48. The van der Waals surface area contributed by atoms with Gasteiger partial charge in [-0.3, -0.25) is 0 Å². The first kappa shape index (κ1) is 22.6. The van der Waals surface area contributed by atoms with Crippen LogP contribution < -0.4 is 8.92 Å². The number of nitrogens with zero attached hydrogens (tertiary/aromatic N) is 1. The van der Waals surface area contributed by atoms with Crippen molar-refractivity contribution in [3.63, 3.8) is 0 Å². The molecule has 9 heteroatoms. The van der Waals surface area contributed by atoms with Crippen molar-refractivity contribution in [3.8, 4) is 11.5 Å². The van der Waals surface area contributed by atoms with Crippen LogP contribution in [-0.4, -0.2) is 26.9 Å². The number of hydrogen-bond donors (Lipinski definition) is 0. The third-order valence-corrected chi connectivity index (χ3v) is 5.98. The lowest BCUT2D eigenvalue weighted by molar-refractivity contribution is -0.129. The Morgan fingerprint density at radius 3 is 2.52 bits per heavy atom. The standard InChI is InChI=1S/C24H18ClNO6S/c1-2-30-22-14-16(11-12-21(22)32-33(28,29)19-9-4-3-5-10-19)13-20-24(27)31-23(26-20)17-7-6-8-18(25)15-17/h3-15H,2H2,1H3/b20-13-. The van der Waals surface area contributed by atoms with E-state index in [1.54, 1.807) is 61.5 Å². The van der Waals surface area contributed by atoms with Gasteiger partial charge in [0.1, 0.15) is 4.90 Å². The van der Waals surface area contributed by atoms with Gasteiger partial charge in [0.25, 0.3) is 0 Å². The summed E-state index contributed by atoms with van der Waals surface area (Å²) < 4.78 is 41.3. The molecule has 0 N–H and O–H groups in total. The van der Waals surface area contributed by atoms with E-state index in [1.807, 2.05) is 0 Å². The molecule has 0 radical (unpaired) electrons. The minimum Gasteiger partial charge on any atom is -0.490 e. The van der Waals surface area contributed by atoms with Crippen molar-refractivity contribution in [2.75, 3.05) is 6.61 Å². The molecule has 3 aromatic carbocycles. The van der Waals surface area contributed by atoms with E-state index in [0.29, 0.717) is 16.1 Å². The van der Waals surface area contributed by atoms with Crippen LogP contribution in [0.1, 0.15) is 18.1 Å². The van der Waals surface area contributed by atoms with Crippen molar-refractivity contribution < 1.29 is 26.9 Å². The van der Waals surface area contributed by atoms with E-state index in [0.717, 1.165) is 0 Å². The molecule has 1 aliphatic heterocycles. The molecule has 0 atom stereocenters. The summed E-state index contributed by atoms with van der Waals surface area (Å²) in [6.07, 6.45) is 1.51. The SMILES string of the molecule is CCOc1cc(/C=C2\N=C(c3cccc(Cl)c3)OC2=O)ccc1OS(=O)(=O)c1ccccc1. The Balaban J connectivity index is 1.64. The third-order valence-electron chi connectivity index (χ3n) is 4.49. The van der Waals surface area contributed by atoms with Gasteiger partial charge in [0.2, 0.25) is 5.90 Å². The van der Waals surface area contributed by atoms with Crippen LogP contribution in [-0.2, 0) is 19.6 Å². The van der Waals surface area contributed by atoms with Crippen molar-refractivity contribution in [3.05, 3.63) is 94.6 Å². The summed E-state index contributed by atoms with van der Waals surface area (Å²) >= 11 is 5.99. The highest BCUT2D eigenvalue weighted by Crippen LogP contribution is 2.32. The predicted octanol–water partition coefficient (Wildman–Crippen LogP) is 4.85. The van der Waals surface area contributed by atoms with Crippen molar-refractivity contribution >= 4 is 39.7 Å². The van der Waals surface area contributed by atoms with Gasteiger partial charge < -0.3 is 13.7 Å². The fourth-order valence-corrected chi connectivity index (χ4v) is 4.17. The quantitative estimate of drug-likeness (QED) is 0.271. The topological polar surface area (TPSA) is 91.3 Å². The molecule has 7 nitrogen and oxygen atoms in total. The van der Waals surface area contributed by atoms with Crippen LogP contribution in [0.15, 0.2) is 88.4 Å². The highest BCUT2D eigenvalue weighted by atomic mass is 35.5. The molecule has 0 spiro atoms. The maximum absolute atomic E-state index is 12.6. The molecule has 1 heterocycles. The number of esters is 1. The second-order valence-electron chi connectivity index (χ2n) is 6.84. The molecule has 0 bridgehead atoms. The van der Waals surface area contributed by atoms with E-state index < -0.39 is 16.1 Å². The normalized spacial score (nSPS) is 14.7. The van der Waals surface area contributed by atoms with Crippen LogP contribution in [0.5, 0.6) is 11.5 Å². The van der Waals surface area contributed by atoms with Crippen LogP contribution in [0.2, 0.25) is 5.02 Å². The zero-order chi connectivity index (χ0) is 23.4. The first-order valence-corrected chi connectivity index (χ1v) is 11.7. The largest absolute Gasteiger partial charge is 0.490 e. The van der Waals surface area contributed by atoms with Crippen LogP contribution in [0.25, 0.3) is 6.08 Å². The van der Waals surface area contributed by atoms with Gasteiger partial charge in [-0.2, -0.15) is 8.42 Å². The Morgan fingerprint density at radius 1 is 1.00 bits per heavy atom. The van der Waals surface area contributed by atoms with Crippen LogP contribution in [0.3, 0.4) is 0 Å². The molecule has 4 rings (SSSR count). The lowest BCUT2D eigenvalue weighted by atomic mass is 10.1. The molecule has 1 aliphatic rings. The number of aliphatic imine (C=N–C) groups is 1. The van der Waals surface area contributed by atoms with Gasteiger partial charge in [-0.15, -0.1) is 0 Å². The summed E-state index contributed by atoms with van der Waals surface area (Å²) in [6, 6.07) is 19.2. The number of hydrogen-bond acceptors (Lipinski definition) is 7. The zero-order valence-corrected chi connectivity index (χ0v) is 19.0. The Kier molecular flexibility index (Phi) is 6.48. The molecule has 3 aromatic rings. The number of ether oxygens (including phenoxy) is 2. The maximum atomic E-state index is 12.6. The summed E-state index contributed by atoms with van der Waals surface area (Å²) in [5.74, 6) is -0.237. The van der Waals surface area contributed by atoms with Gasteiger partial charge in [0.05, 0.1) is 6.61 Å². The molecule has 0 aliphatic carbocycles. The monoisotopic (exact) mass is 483 g/mol. The molecule has 0 fully saturated rings. The smallest absolute Gasteiger partial charge is 0.363 e. The highest BCUT2D eigenvalue weighted by Gasteiger charge is 2.25. The molecular weight excluding hydrogens is 466 g/mol. The Labute approximate surface area is 196 Å². The first-order chi connectivity index (χ1) is 15.9. The van der Waals surface area contributed by atoms with Crippen LogP contribution in [0.4, 0.5) is 0 Å². The molecule has 0 saturated heterocycles. The number of carbonyl (C=O) groups excluding carboxylic acids is 1. The fraction of sp³-hybridized carbons (Fsp3) is 0.0833. The van der Waals surface area contributed by atoms with Crippen LogP contribution in [0, 0.1) is 0 Å². The second-order valence-corrected chi connectivity index (χ2v) is 8.82. The average molecular weight is 484 g/mol. The first-order valence-electron chi connectivity index (χ1n) is 9.90. The summed E-state index contributed by atoms with van der Waals surface area (Å²) in [5, 5.41) is 0.492. The maximum Gasteiger partial charge on any atom is 0.363 e. The van der Waals surface area contributed by atoms with Crippen molar-refractivity contribution in [2.24, 2.45) is 4.99 Å². The molecular formula is C24H18ClNO6S. The molecule has 33 heavy (non-hydrogen) atoms. The van der Waals surface area contributed by atoms with Crippen molar-refractivity contribution in [2.45, 2.75) is 11.8 Å². The molecule has 168 valence electrons. The lowest BCUT2D eigenvalue weighted by Gasteiger charge is -2.12. The Hall–Kier alpha value is -3.62. The van der Waals surface area contributed by atoms with E-state index >= 15 is 0 Å². The van der Waals surface area contributed by atoms with E-state index in [2.05, 4.69) is 4.99 Å². The molecule has 0 aromatic heterocycles. The Bertz CT molecular complexity index is 1370. The van der Waals surface area contributed by atoms with E-state index in [1.165, 1.54) is 24.3 Å². The van der Waals surface area contributed by atoms with Crippen molar-refractivity contribution in [1.82, 2.24) is 0 Å². The third kappa shape index (κ3) is 5.24. The lowest BCUT2D eigenvalue weighted by Crippen LogP contribution is -2.10. The van der Waals surface area contributed by atoms with E-state index in [4.69, 9.17) is 25.3 Å². The zero-order valence-electron chi connectivity index (χ0n) is 17.4. The minimum absolute atomic E-state index is 0.0234. The highest BCUT2D eigenvalue weighted by molar-refractivity contribution is 7.87. The number of cyclic esters (lactones) is 1. The van der Waals surface area contributed by atoms with Gasteiger partial charge in [0.15, 0.2) is 17.2 Å². The minimum atomic E-state index is -4.04. The summed E-state index contributed by atoms with van der Waals surface area (Å²) in [4.78, 5) is 16.6. The van der Waals surface area contributed by atoms with E-state index in [9.17, 15) is 13.2 Å². The fourth-order valence-electron chi connectivity index (χ4n) is 3.02. The van der Waals surface area contributed by atoms with E-state index in [-0.39, 0.29) is 34.6 Å². The number of benzene rings is 3. The summed E-state index contributed by atoms with van der Waals surface area (Å²) in [5.41, 5.74) is 1.20. The molecule has 0 amide bonds. The number of rotatable bonds is 7. The average Bonchev–Trinajstić information content (AvgIpc) is 3.16. The van der Waals surface area contributed by atoms with Gasteiger partial charge in [-0.25, -0.2) is 9.79 Å².